The number of carbonyl (C=O) groups excluding carboxylic acids is 1. The number of benzene rings is 1. The standard InChI is InChI=1S/C31H41F2N5O4/c1-19-13-23-22(9-11-25(24(23)14-34)36-28-7-5-6-12-40-28)29(38(19)18-27(32)33)26-10-8-20(15-35-26)41-21-16-37(17-21)30(39)42-31(2,3)4/h8-11,14-15,19,21,27-29,34,36H,5-7,12-13,16-18H2,1-4H3/t19-,28?,29+/m1/s1. The number of pyridine rings is 1. The second kappa shape index (κ2) is 12.5. The predicted molar refractivity (Wildman–Crippen MR) is 156 cm³/mol. The van der Waals surface area contributed by atoms with Crippen molar-refractivity contribution >= 4 is 18.0 Å². The second-order valence-corrected chi connectivity index (χ2v) is 12.3. The van der Waals surface area contributed by atoms with Crippen LogP contribution in [0.15, 0.2) is 30.5 Å². The summed E-state index contributed by atoms with van der Waals surface area (Å²) >= 11 is 0. The topological polar surface area (TPSA) is 100 Å². The van der Waals surface area contributed by atoms with Crippen molar-refractivity contribution in [2.45, 2.75) is 89.8 Å². The van der Waals surface area contributed by atoms with Crippen molar-refractivity contribution in [1.29, 1.82) is 5.41 Å². The summed E-state index contributed by atoms with van der Waals surface area (Å²) in [5.74, 6) is 0.546. The van der Waals surface area contributed by atoms with E-state index in [1.165, 1.54) is 6.21 Å². The molecular weight excluding hydrogens is 544 g/mol. The van der Waals surface area contributed by atoms with Gasteiger partial charge in [-0.3, -0.25) is 9.88 Å². The zero-order chi connectivity index (χ0) is 30.0. The number of hydrogen-bond donors (Lipinski definition) is 2. The van der Waals surface area contributed by atoms with Crippen molar-refractivity contribution in [3.63, 3.8) is 0 Å². The minimum atomic E-state index is -2.50. The van der Waals surface area contributed by atoms with E-state index in [2.05, 4.69) is 10.3 Å². The van der Waals surface area contributed by atoms with E-state index >= 15 is 0 Å². The third kappa shape index (κ3) is 6.83. The molecule has 1 aromatic heterocycles. The first-order chi connectivity index (χ1) is 20.0. The van der Waals surface area contributed by atoms with Crippen LogP contribution in [0.4, 0.5) is 19.3 Å². The van der Waals surface area contributed by atoms with Gasteiger partial charge in [0, 0.05) is 30.1 Å². The molecule has 5 rings (SSSR count). The molecule has 0 saturated carbocycles. The van der Waals surface area contributed by atoms with Gasteiger partial charge in [0.05, 0.1) is 37.6 Å². The van der Waals surface area contributed by atoms with Gasteiger partial charge in [-0.25, -0.2) is 13.6 Å². The Labute approximate surface area is 246 Å². The van der Waals surface area contributed by atoms with Gasteiger partial charge in [0.25, 0.3) is 6.43 Å². The Kier molecular flexibility index (Phi) is 8.98. The van der Waals surface area contributed by atoms with Crippen molar-refractivity contribution in [1.82, 2.24) is 14.8 Å². The Hall–Kier alpha value is -3.31. The molecule has 1 unspecified atom stereocenters. The van der Waals surface area contributed by atoms with Crippen molar-refractivity contribution < 1.29 is 27.8 Å². The van der Waals surface area contributed by atoms with Crippen LogP contribution in [0.3, 0.4) is 0 Å². The normalized spacial score (nSPS) is 23.2. The summed E-state index contributed by atoms with van der Waals surface area (Å²) < 4.78 is 44.8. The fourth-order valence-electron chi connectivity index (χ4n) is 5.91. The number of fused-ring (bicyclic) bond motifs is 1. The number of halogens is 2. The average Bonchev–Trinajstić information content (AvgIpc) is 2.91. The quantitative estimate of drug-likeness (QED) is 0.388. The monoisotopic (exact) mass is 585 g/mol. The van der Waals surface area contributed by atoms with Crippen LogP contribution in [0.1, 0.15) is 75.4 Å². The molecule has 42 heavy (non-hydrogen) atoms. The van der Waals surface area contributed by atoms with E-state index in [4.69, 9.17) is 19.6 Å². The molecule has 0 spiro atoms. The van der Waals surface area contributed by atoms with E-state index in [1.807, 2.05) is 45.9 Å². The number of alkyl halides is 2. The molecule has 0 bridgehead atoms. The molecule has 2 saturated heterocycles. The van der Waals surface area contributed by atoms with E-state index < -0.39 is 18.1 Å². The molecule has 1 aromatic carbocycles. The Bertz CT molecular complexity index is 1260. The van der Waals surface area contributed by atoms with E-state index in [9.17, 15) is 13.6 Å². The minimum Gasteiger partial charge on any atom is -0.485 e. The highest BCUT2D eigenvalue weighted by Gasteiger charge is 2.38. The maximum Gasteiger partial charge on any atom is 0.410 e. The lowest BCUT2D eigenvalue weighted by molar-refractivity contribution is -0.0222. The molecular formula is C31H41F2N5O4. The third-order valence-corrected chi connectivity index (χ3v) is 7.92. The van der Waals surface area contributed by atoms with Crippen molar-refractivity contribution in [2.24, 2.45) is 0 Å². The van der Waals surface area contributed by atoms with Gasteiger partial charge in [0.1, 0.15) is 23.7 Å². The number of amides is 1. The molecule has 3 aliphatic rings. The molecule has 1 amide bonds. The number of aromatic nitrogens is 1. The van der Waals surface area contributed by atoms with E-state index in [0.717, 1.165) is 41.6 Å². The van der Waals surface area contributed by atoms with E-state index in [0.29, 0.717) is 37.6 Å². The molecule has 2 aromatic rings. The highest BCUT2D eigenvalue weighted by Crippen LogP contribution is 2.41. The maximum atomic E-state index is 13.8. The zero-order valence-corrected chi connectivity index (χ0v) is 24.7. The molecule has 2 fully saturated rings. The van der Waals surface area contributed by atoms with Gasteiger partial charge in [-0.2, -0.15) is 0 Å². The first kappa shape index (κ1) is 30.2. The summed E-state index contributed by atoms with van der Waals surface area (Å²) in [4.78, 5) is 20.3. The van der Waals surface area contributed by atoms with Crippen molar-refractivity contribution in [2.75, 3.05) is 31.6 Å². The van der Waals surface area contributed by atoms with Gasteiger partial charge < -0.3 is 29.8 Å². The summed E-state index contributed by atoms with van der Waals surface area (Å²) in [5.41, 5.74) is 3.49. The van der Waals surface area contributed by atoms with Gasteiger partial charge in [-0.05, 0) is 82.7 Å². The lowest BCUT2D eigenvalue weighted by Gasteiger charge is -2.42. The van der Waals surface area contributed by atoms with Gasteiger partial charge in [-0.15, -0.1) is 0 Å². The van der Waals surface area contributed by atoms with Crippen LogP contribution in [-0.4, -0.2) is 83.7 Å². The van der Waals surface area contributed by atoms with Crippen LogP contribution >= 0.6 is 0 Å². The number of anilines is 1. The minimum absolute atomic E-state index is 0.108. The third-order valence-electron chi connectivity index (χ3n) is 7.92. The molecule has 9 nitrogen and oxygen atoms in total. The van der Waals surface area contributed by atoms with Crippen molar-refractivity contribution in [3.05, 3.63) is 52.8 Å². The lowest BCUT2D eigenvalue weighted by atomic mass is 9.83. The van der Waals surface area contributed by atoms with Crippen molar-refractivity contribution in [3.8, 4) is 5.75 Å². The van der Waals surface area contributed by atoms with Crippen LogP contribution in [0.2, 0.25) is 0 Å². The van der Waals surface area contributed by atoms with Gasteiger partial charge in [0.15, 0.2) is 0 Å². The van der Waals surface area contributed by atoms with Crippen LogP contribution < -0.4 is 10.1 Å². The molecule has 0 radical (unpaired) electrons. The Balaban J connectivity index is 1.35. The molecule has 11 heteroatoms. The maximum absolute atomic E-state index is 13.8. The van der Waals surface area contributed by atoms with Crippen LogP contribution in [-0.2, 0) is 15.9 Å². The summed E-state index contributed by atoms with van der Waals surface area (Å²) in [6, 6.07) is 6.81. The number of nitrogens with zero attached hydrogens (tertiary/aromatic N) is 3. The zero-order valence-electron chi connectivity index (χ0n) is 24.7. The highest BCUT2D eigenvalue weighted by molar-refractivity contribution is 5.89. The SMILES string of the molecule is C[C@@H]1Cc2c(ccc(NC3CCCCO3)c2C=N)[C@@H](c2ccc(OC3CN(C(=O)OC(C)(C)C)C3)cn2)N1CC(F)F. The number of carbonyl (C=O) groups is 1. The summed E-state index contributed by atoms with van der Waals surface area (Å²) in [5, 5.41) is 11.7. The van der Waals surface area contributed by atoms with Gasteiger partial charge in [-0.1, -0.05) is 6.07 Å². The summed E-state index contributed by atoms with van der Waals surface area (Å²) in [6.45, 7) is 8.58. The molecule has 0 aliphatic carbocycles. The predicted octanol–water partition coefficient (Wildman–Crippen LogP) is 5.62. The van der Waals surface area contributed by atoms with E-state index in [1.54, 1.807) is 22.1 Å². The van der Waals surface area contributed by atoms with Gasteiger partial charge in [0.2, 0.25) is 0 Å². The number of ether oxygens (including phenoxy) is 3. The van der Waals surface area contributed by atoms with E-state index in [-0.39, 0.29) is 31.0 Å². The summed E-state index contributed by atoms with van der Waals surface area (Å²) in [7, 11) is 0. The first-order valence-corrected chi connectivity index (χ1v) is 14.7. The van der Waals surface area contributed by atoms with Gasteiger partial charge >= 0.3 is 6.09 Å². The molecule has 3 aliphatic heterocycles. The number of hydrogen-bond acceptors (Lipinski definition) is 8. The fourth-order valence-corrected chi connectivity index (χ4v) is 5.91. The number of likely N-dealkylation sites (tertiary alicyclic amines) is 1. The molecule has 2 N–H and O–H groups in total. The van der Waals surface area contributed by atoms with Crippen LogP contribution in [0, 0.1) is 5.41 Å². The molecule has 228 valence electrons. The first-order valence-electron chi connectivity index (χ1n) is 14.7. The number of nitrogens with one attached hydrogen (secondary N) is 2. The Morgan fingerprint density at radius 2 is 2.02 bits per heavy atom. The number of rotatable bonds is 8. The fraction of sp³-hybridized carbons (Fsp3) is 0.581. The lowest BCUT2D eigenvalue weighted by Crippen LogP contribution is -2.57. The largest absolute Gasteiger partial charge is 0.485 e. The second-order valence-electron chi connectivity index (χ2n) is 12.3. The van der Waals surface area contributed by atoms with Crippen LogP contribution in [0.5, 0.6) is 5.75 Å². The Morgan fingerprint density at radius 3 is 2.64 bits per heavy atom. The van der Waals surface area contributed by atoms with Crippen LogP contribution in [0.25, 0.3) is 0 Å². The average molecular weight is 586 g/mol. The highest BCUT2D eigenvalue weighted by atomic mass is 19.3. The molecule has 3 atom stereocenters. The summed E-state index contributed by atoms with van der Waals surface area (Å²) in [6.07, 6.45) is 3.37. The molecule has 4 heterocycles. The smallest absolute Gasteiger partial charge is 0.410 e. The Morgan fingerprint density at radius 1 is 1.24 bits per heavy atom.